The number of amides is 3. The molecular formula is C37H49N3O7. The van der Waals surface area contributed by atoms with Crippen molar-refractivity contribution in [2.75, 3.05) is 19.0 Å². The minimum absolute atomic E-state index is 0.0516. The average molecular weight is 648 g/mol. The number of benzene rings is 3. The third kappa shape index (κ3) is 12.2. The molecule has 0 radical (unpaired) electrons. The lowest BCUT2D eigenvalue weighted by molar-refractivity contribution is -0.140. The number of hydrogen-bond acceptors (Lipinski definition) is 7. The van der Waals surface area contributed by atoms with E-state index in [0.29, 0.717) is 29.0 Å². The molecule has 0 heterocycles. The van der Waals surface area contributed by atoms with E-state index in [0.717, 1.165) is 32.1 Å². The number of carbonyl (C=O) groups excluding carboxylic acids is 3. The monoisotopic (exact) mass is 647 g/mol. The molecule has 3 aromatic rings. The molecule has 3 amide bonds. The summed E-state index contributed by atoms with van der Waals surface area (Å²) in [6.45, 7) is 7.57. The number of rotatable bonds is 16. The molecule has 0 saturated heterocycles. The van der Waals surface area contributed by atoms with Crippen LogP contribution in [0.2, 0.25) is 0 Å². The Morgan fingerprint density at radius 3 is 2.13 bits per heavy atom. The molecule has 0 fully saturated rings. The van der Waals surface area contributed by atoms with Gasteiger partial charge in [0.05, 0.1) is 7.11 Å². The van der Waals surface area contributed by atoms with Crippen molar-refractivity contribution in [1.29, 1.82) is 0 Å². The van der Waals surface area contributed by atoms with E-state index in [1.165, 1.54) is 29.2 Å². The van der Waals surface area contributed by atoms with Crippen molar-refractivity contribution in [3.63, 3.8) is 0 Å². The van der Waals surface area contributed by atoms with Crippen LogP contribution in [0.3, 0.4) is 0 Å². The number of unbranched alkanes of at least 4 members (excludes halogenated alkanes) is 5. The molecule has 0 saturated carbocycles. The summed E-state index contributed by atoms with van der Waals surface area (Å²) in [7, 11) is 1.55. The van der Waals surface area contributed by atoms with Crippen molar-refractivity contribution in [3.05, 3.63) is 83.9 Å². The van der Waals surface area contributed by atoms with E-state index in [9.17, 15) is 24.6 Å². The topological polar surface area (TPSA) is 137 Å². The summed E-state index contributed by atoms with van der Waals surface area (Å²) in [5.74, 6) is -0.334. The highest BCUT2D eigenvalue weighted by Crippen LogP contribution is 2.29. The minimum atomic E-state index is -1.14. The number of phenols is 2. The van der Waals surface area contributed by atoms with Gasteiger partial charge in [0, 0.05) is 18.7 Å². The zero-order chi connectivity index (χ0) is 34.4. The zero-order valence-electron chi connectivity index (χ0n) is 28.1. The van der Waals surface area contributed by atoms with Crippen LogP contribution in [0.1, 0.15) is 83.4 Å². The summed E-state index contributed by atoms with van der Waals surface area (Å²) in [6.07, 6.45) is 5.06. The first kappa shape index (κ1) is 36.7. The molecule has 3 rings (SSSR count). The van der Waals surface area contributed by atoms with Crippen LogP contribution >= 0.6 is 0 Å². The number of nitrogens with one attached hydrogen (secondary N) is 2. The Hall–Kier alpha value is -4.73. The molecule has 0 aliphatic carbocycles. The van der Waals surface area contributed by atoms with Gasteiger partial charge in [-0.25, -0.2) is 4.79 Å². The summed E-state index contributed by atoms with van der Waals surface area (Å²) in [4.78, 5) is 43.4. The highest BCUT2D eigenvalue weighted by Gasteiger charge is 2.36. The molecule has 0 aliphatic heterocycles. The van der Waals surface area contributed by atoms with Gasteiger partial charge < -0.3 is 35.2 Å². The number of alkyl carbamates (subject to hydrolysis) is 1. The Balaban J connectivity index is 2.05. The van der Waals surface area contributed by atoms with Gasteiger partial charge in [-0.3, -0.25) is 9.59 Å². The summed E-state index contributed by atoms with van der Waals surface area (Å²) in [6, 6.07) is 17.2. The minimum Gasteiger partial charge on any atom is -0.508 e. The van der Waals surface area contributed by atoms with E-state index >= 15 is 0 Å². The number of aromatic hydroxyl groups is 2. The molecule has 47 heavy (non-hydrogen) atoms. The van der Waals surface area contributed by atoms with Crippen molar-refractivity contribution in [2.45, 2.75) is 90.3 Å². The van der Waals surface area contributed by atoms with Crippen LogP contribution < -0.4 is 15.4 Å². The summed E-state index contributed by atoms with van der Waals surface area (Å²) >= 11 is 0. The molecule has 254 valence electrons. The third-order valence-corrected chi connectivity index (χ3v) is 7.50. The van der Waals surface area contributed by atoms with Crippen LogP contribution in [0.5, 0.6) is 17.2 Å². The zero-order valence-corrected chi connectivity index (χ0v) is 28.1. The largest absolute Gasteiger partial charge is 0.508 e. The predicted octanol–water partition coefficient (Wildman–Crippen LogP) is 7.11. The summed E-state index contributed by atoms with van der Waals surface area (Å²) in [5, 5.41) is 25.9. The lowest BCUT2D eigenvalue weighted by atomic mass is 9.99. The molecule has 10 nitrogen and oxygen atoms in total. The van der Waals surface area contributed by atoms with Crippen molar-refractivity contribution < 1.29 is 34.1 Å². The second kappa shape index (κ2) is 17.8. The first-order chi connectivity index (χ1) is 22.4. The molecular weight excluding hydrogens is 598 g/mol. The maximum Gasteiger partial charge on any atom is 0.408 e. The van der Waals surface area contributed by atoms with Gasteiger partial charge in [-0.05, 0) is 86.8 Å². The van der Waals surface area contributed by atoms with Crippen LogP contribution in [-0.2, 0) is 20.7 Å². The Morgan fingerprint density at radius 2 is 1.51 bits per heavy atom. The van der Waals surface area contributed by atoms with Crippen LogP contribution in [0.4, 0.5) is 10.5 Å². The van der Waals surface area contributed by atoms with Crippen LogP contribution in [-0.4, -0.2) is 58.3 Å². The van der Waals surface area contributed by atoms with E-state index in [1.807, 2.05) is 0 Å². The predicted molar refractivity (Wildman–Crippen MR) is 183 cm³/mol. The maximum absolute atomic E-state index is 14.7. The van der Waals surface area contributed by atoms with E-state index in [4.69, 9.17) is 9.47 Å². The van der Waals surface area contributed by atoms with Crippen molar-refractivity contribution in [2.24, 2.45) is 0 Å². The molecule has 0 aliphatic rings. The van der Waals surface area contributed by atoms with E-state index in [2.05, 4.69) is 17.6 Å². The van der Waals surface area contributed by atoms with E-state index < -0.39 is 35.6 Å². The van der Waals surface area contributed by atoms with Gasteiger partial charge in [-0.1, -0.05) is 63.3 Å². The van der Waals surface area contributed by atoms with Gasteiger partial charge in [-0.2, -0.15) is 0 Å². The lowest BCUT2D eigenvalue weighted by Crippen LogP contribution is -2.53. The fourth-order valence-corrected chi connectivity index (χ4v) is 5.20. The molecule has 0 bridgehead atoms. The quantitative estimate of drug-likeness (QED) is 0.122. The Morgan fingerprint density at radius 1 is 0.851 bits per heavy atom. The highest BCUT2D eigenvalue weighted by atomic mass is 16.6. The van der Waals surface area contributed by atoms with Gasteiger partial charge in [0.1, 0.15) is 34.9 Å². The lowest BCUT2D eigenvalue weighted by Gasteiger charge is -2.34. The number of carbonyl (C=O) groups is 3. The van der Waals surface area contributed by atoms with Crippen molar-refractivity contribution in [3.8, 4) is 17.2 Å². The smallest absolute Gasteiger partial charge is 0.408 e. The number of phenolic OH excluding ortho intramolecular Hbond substituents is 2. The van der Waals surface area contributed by atoms with Gasteiger partial charge in [-0.15, -0.1) is 0 Å². The number of ether oxygens (including phenoxy) is 2. The van der Waals surface area contributed by atoms with Gasteiger partial charge >= 0.3 is 6.09 Å². The fraction of sp³-hybridized carbons (Fsp3) is 0.432. The fourth-order valence-electron chi connectivity index (χ4n) is 5.20. The van der Waals surface area contributed by atoms with Crippen molar-refractivity contribution in [1.82, 2.24) is 10.2 Å². The molecule has 0 aromatic heterocycles. The SMILES string of the molecule is CCCCCCCCN(C(=O)C(Cc1ccc(O)cc1)NC(=O)OC(C)(C)C)C(C(=O)Nc1ccc(OC)cc1)c1cccc(O)c1. The molecule has 2 atom stereocenters. The molecule has 3 aromatic carbocycles. The number of hydrogen-bond donors (Lipinski definition) is 4. The standard InChI is InChI=1S/C37H49N3O7/c1-6-7-8-9-10-11-23-40(35(44)32(39-36(45)47-37(2,3)4)24-26-15-19-29(41)20-16-26)33(27-13-12-14-30(42)25-27)34(43)38-28-17-21-31(46-5)22-18-28/h12-22,25,32-33,41-42H,6-11,23-24H2,1-5H3,(H,38,43)(H,39,45). The normalized spacial score (nSPS) is 12.4. The Kier molecular flexibility index (Phi) is 13.9. The van der Waals surface area contributed by atoms with Crippen LogP contribution in [0, 0.1) is 0 Å². The average Bonchev–Trinajstić information content (AvgIpc) is 3.02. The van der Waals surface area contributed by atoms with E-state index in [-0.39, 0.29) is 24.5 Å². The number of nitrogens with zero attached hydrogens (tertiary/aromatic N) is 1. The molecule has 2 unspecified atom stereocenters. The van der Waals surface area contributed by atoms with Crippen LogP contribution in [0.25, 0.3) is 0 Å². The Bertz CT molecular complexity index is 1440. The highest BCUT2D eigenvalue weighted by molar-refractivity contribution is 5.99. The molecule has 10 heteroatoms. The summed E-state index contributed by atoms with van der Waals surface area (Å²) < 4.78 is 10.8. The first-order valence-electron chi connectivity index (χ1n) is 16.2. The second-order valence-electron chi connectivity index (χ2n) is 12.6. The second-order valence-corrected chi connectivity index (χ2v) is 12.6. The van der Waals surface area contributed by atoms with Gasteiger partial charge in [0.2, 0.25) is 5.91 Å². The van der Waals surface area contributed by atoms with Crippen LogP contribution in [0.15, 0.2) is 72.8 Å². The third-order valence-electron chi connectivity index (χ3n) is 7.50. The maximum atomic E-state index is 14.7. The molecule has 0 spiro atoms. The van der Waals surface area contributed by atoms with E-state index in [1.54, 1.807) is 76.4 Å². The summed E-state index contributed by atoms with van der Waals surface area (Å²) in [5.41, 5.74) is 0.793. The Labute approximate surface area is 278 Å². The number of anilines is 1. The molecule has 4 N–H and O–H groups in total. The first-order valence-corrected chi connectivity index (χ1v) is 16.2. The number of methoxy groups -OCH3 is 1. The van der Waals surface area contributed by atoms with Crippen molar-refractivity contribution >= 4 is 23.6 Å². The van der Waals surface area contributed by atoms with Gasteiger partial charge in [0.25, 0.3) is 5.91 Å². The van der Waals surface area contributed by atoms with Gasteiger partial charge in [0.15, 0.2) is 0 Å².